The van der Waals surface area contributed by atoms with Gasteiger partial charge in [-0.15, -0.1) is 0 Å². The first-order valence-electron chi connectivity index (χ1n) is 16.2. The zero-order valence-electron chi connectivity index (χ0n) is 26.6. The minimum absolute atomic E-state index is 0.0359. The molecule has 242 valence electrons. The summed E-state index contributed by atoms with van der Waals surface area (Å²) < 4.78 is 18.5. The van der Waals surface area contributed by atoms with Gasteiger partial charge in [0.25, 0.3) is 5.91 Å². The maximum Gasteiger partial charge on any atom is 0.253 e. The Morgan fingerprint density at radius 1 is 0.851 bits per heavy atom. The molecule has 2 aliphatic rings. The van der Waals surface area contributed by atoms with Crippen molar-refractivity contribution in [3.63, 3.8) is 0 Å². The van der Waals surface area contributed by atoms with Crippen molar-refractivity contribution in [2.45, 2.75) is 58.3 Å². The smallest absolute Gasteiger partial charge is 0.253 e. The second-order valence-electron chi connectivity index (χ2n) is 11.7. The van der Waals surface area contributed by atoms with Gasteiger partial charge >= 0.3 is 0 Å². The normalized spacial score (nSPS) is 16.5. The van der Waals surface area contributed by atoms with Crippen LogP contribution in [0.5, 0.6) is 0 Å². The van der Waals surface area contributed by atoms with Gasteiger partial charge in [-0.1, -0.05) is 111 Å². The number of hydrogen-bond acceptors (Lipinski definition) is 3. The lowest BCUT2D eigenvalue weighted by molar-refractivity contribution is -0.117. The van der Waals surface area contributed by atoms with Gasteiger partial charge in [0.15, 0.2) is 0 Å². The Hall–Kier alpha value is -3.91. The van der Waals surface area contributed by atoms with Gasteiger partial charge in [0.2, 0.25) is 11.2 Å². The van der Waals surface area contributed by atoms with E-state index in [2.05, 4.69) is 53.3 Å². The standard InChI is InChI=1S/C36H32Cl2N4O2S.C2H6/c37-29-17-18-32(33(38)20-29)34-22-41(30-7-4-8-31(21-30)42-23-36(43)40-45(42)44)35(39-34)19-24-9-11-26(12-10-24)28-15-13-27(14-16-28)25-5-2-1-3-6-25;1-2/h4,7-18,20-22,25H,1-3,5-6,19,23H2,(H,40,43);1-2H3. The van der Waals surface area contributed by atoms with E-state index >= 15 is 0 Å². The Labute approximate surface area is 289 Å². The Balaban J connectivity index is 0.00000190. The van der Waals surface area contributed by atoms with Crippen LogP contribution in [0.3, 0.4) is 0 Å². The van der Waals surface area contributed by atoms with Gasteiger partial charge < -0.3 is 4.57 Å². The Morgan fingerprint density at radius 2 is 1.53 bits per heavy atom. The molecule has 5 aromatic rings. The summed E-state index contributed by atoms with van der Waals surface area (Å²) >= 11 is 11.2. The molecule has 1 aliphatic heterocycles. The number of carbonyl (C=O) groups excluding carboxylic acids is 1. The largest absolute Gasteiger partial charge is 0.303 e. The van der Waals surface area contributed by atoms with Crippen molar-refractivity contribution in [2.75, 3.05) is 10.8 Å². The number of carbonyl (C=O) groups is 1. The topological polar surface area (TPSA) is 67.2 Å². The molecule has 2 heterocycles. The molecule has 7 rings (SSSR count). The molecular weight excluding hydrogens is 647 g/mol. The first-order valence-corrected chi connectivity index (χ1v) is 18.1. The molecule has 0 bridgehead atoms. The number of aromatic nitrogens is 2. The molecule has 4 aromatic carbocycles. The van der Waals surface area contributed by atoms with Crippen LogP contribution in [0, 0.1) is 0 Å². The number of amides is 1. The summed E-state index contributed by atoms with van der Waals surface area (Å²) in [6.45, 7) is 4.04. The third-order valence-electron chi connectivity index (χ3n) is 8.71. The fourth-order valence-electron chi connectivity index (χ4n) is 6.33. The zero-order valence-corrected chi connectivity index (χ0v) is 28.9. The summed E-state index contributed by atoms with van der Waals surface area (Å²) in [6, 6.07) is 30.7. The minimum atomic E-state index is -1.62. The van der Waals surface area contributed by atoms with Crippen molar-refractivity contribution in [2.24, 2.45) is 0 Å². The van der Waals surface area contributed by atoms with Crippen LogP contribution >= 0.6 is 23.2 Å². The summed E-state index contributed by atoms with van der Waals surface area (Å²) in [6.07, 6.45) is 9.17. The second kappa shape index (κ2) is 14.9. The highest BCUT2D eigenvalue weighted by Crippen LogP contribution is 2.35. The maximum absolute atomic E-state index is 12.5. The molecule has 0 radical (unpaired) electrons. The molecule has 1 saturated carbocycles. The number of imidazole rings is 1. The van der Waals surface area contributed by atoms with Gasteiger partial charge in [-0.2, -0.15) is 0 Å². The van der Waals surface area contributed by atoms with Crippen molar-refractivity contribution in [1.82, 2.24) is 14.3 Å². The number of hydrogen-bond donors (Lipinski definition) is 1. The predicted molar refractivity (Wildman–Crippen MR) is 195 cm³/mol. The molecular formula is C38H38Cl2N4O2S. The van der Waals surface area contributed by atoms with Crippen LogP contribution in [-0.4, -0.2) is 26.2 Å². The molecule has 9 heteroatoms. The summed E-state index contributed by atoms with van der Waals surface area (Å²) in [7, 11) is 0. The van der Waals surface area contributed by atoms with Crippen molar-refractivity contribution < 1.29 is 9.00 Å². The number of nitrogens with zero attached hydrogens (tertiary/aromatic N) is 3. The number of benzene rings is 4. The average molecular weight is 686 g/mol. The van der Waals surface area contributed by atoms with Crippen LogP contribution in [0.2, 0.25) is 10.0 Å². The third-order valence-corrected chi connectivity index (χ3v) is 10.4. The van der Waals surface area contributed by atoms with E-state index in [0.29, 0.717) is 33.8 Å². The first kappa shape index (κ1) is 33.0. The molecule has 47 heavy (non-hydrogen) atoms. The Bertz CT molecular complexity index is 1880. The molecule has 1 aromatic heterocycles. The monoisotopic (exact) mass is 684 g/mol. The quantitative estimate of drug-likeness (QED) is 0.186. The van der Waals surface area contributed by atoms with E-state index < -0.39 is 11.2 Å². The molecule has 1 atom stereocenters. The van der Waals surface area contributed by atoms with Gasteiger partial charge in [-0.05, 0) is 77.4 Å². The number of anilines is 1. The van der Waals surface area contributed by atoms with Crippen LogP contribution in [0.1, 0.15) is 68.8 Å². The van der Waals surface area contributed by atoms with Gasteiger partial charge in [0, 0.05) is 28.9 Å². The van der Waals surface area contributed by atoms with Crippen LogP contribution < -0.4 is 9.03 Å². The molecule has 6 nitrogen and oxygen atoms in total. The minimum Gasteiger partial charge on any atom is -0.303 e. The fraction of sp³-hybridized carbons (Fsp3) is 0.263. The fourth-order valence-corrected chi connectivity index (χ4v) is 7.75. The summed E-state index contributed by atoms with van der Waals surface area (Å²) in [4.78, 5) is 16.9. The van der Waals surface area contributed by atoms with Crippen LogP contribution in [-0.2, 0) is 22.4 Å². The number of nitrogens with one attached hydrogen (secondary N) is 1. The average Bonchev–Trinajstić information content (AvgIpc) is 3.68. The highest BCUT2D eigenvalue weighted by Gasteiger charge is 2.27. The summed E-state index contributed by atoms with van der Waals surface area (Å²) in [5.74, 6) is 1.24. The van der Waals surface area contributed by atoms with Crippen LogP contribution in [0.4, 0.5) is 5.69 Å². The van der Waals surface area contributed by atoms with E-state index in [-0.39, 0.29) is 12.5 Å². The number of rotatable bonds is 7. The van der Waals surface area contributed by atoms with E-state index in [0.717, 1.165) is 22.6 Å². The maximum atomic E-state index is 12.5. The lowest BCUT2D eigenvalue weighted by atomic mass is 9.83. The lowest BCUT2D eigenvalue weighted by Crippen LogP contribution is -2.22. The SMILES string of the molecule is CC.O=C1CN(c2cccc(-n3cc(-c4ccc(Cl)cc4Cl)nc3Cc3ccc(-c4ccc(C5CCCCC5)cc4)cc3)c2)S(=O)N1. The van der Waals surface area contributed by atoms with Gasteiger partial charge in [-0.3, -0.25) is 13.8 Å². The molecule has 0 spiro atoms. The summed E-state index contributed by atoms with van der Waals surface area (Å²) in [5.41, 5.74) is 7.97. The molecule has 2 fully saturated rings. The van der Waals surface area contributed by atoms with Crippen molar-refractivity contribution in [3.05, 3.63) is 124 Å². The van der Waals surface area contributed by atoms with E-state index in [1.807, 2.05) is 54.9 Å². The highest BCUT2D eigenvalue weighted by atomic mass is 35.5. The van der Waals surface area contributed by atoms with Crippen molar-refractivity contribution in [1.29, 1.82) is 0 Å². The van der Waals surface area contributed by atoms with E-state index in [4.69, 9.17) is 28.2 Å². The van der Waals surface area contributed by atoms with E-state index in [1.54, 1.807) is 16.4 Å². The Morgan fingerprint density at radius 3 is 2.19 bits per heavy atom. The second-order valence-corrected chi connectivity index (χ2v) is 13.7. The number of halogens is 2. The molecule has 1 unspecified atom stereocenters. The zero-order chi connectivity index (χ0) is 32.9. The third kappa shape index (κ3) is 7.48. The molecule has 1 N–H and O–H groups in total. The van der Waals surface area contributed by atoms with Crippen molar-refractivity contribution >= 4 is 46.0 Å². The molecule has 1 amide bonds. The lowest BCUT2D eigenvalue weighted by Gasteiger charge is -2.22. The Kier molecular flexibility index (Phi) is 10.5. The van der Waals surface area contributed by atoms with Crippen molar-refractivity contribution in [3.8, 4) is 28.1 Å². The van der Waals surface area contributed by atoms with Crippen LogP contribution in [0.15, 0.2) is 97.2 Å². The van der Waals surface area contributed by atoms with Gasteiger partial charge in [0.05, 0.1) is 16.4 Å². The predicted octanol–water partition coefficient (Wildman–Crippen LogP) is 9.69. The summed E-state index contributed by atoms with van der Waals surface area (Å²) in [5, 5.41) is 1.07. The van der Waals surface area contributed by atoms with E-state index in [9.17, 15) is 9.00 Å². The first-order chi connectivity index (χ1) is 22.9. The molecule has 1 saturated heterocycles. The van der Waals surface area contributed by atoms with E-state index in [1.165, 1.54) is 48.8 Å². The highest BCUT2D eigenvalue weighted by molar-refractivity contribution is 7.85. The van der Waals surface area contributed by atoms with Gasteiger partial charge in [-0.25, -0.2) is 9.19 Å². The molecule has 1 aliphatic carbocycles. The van der Waals surface area contributed by atoms with Crippen LogP contribution in [0.25, 0.3) is 28.1 Å². The van der Waals surface area contributed by atoms with Gasteiger partial charge in [0.1, 0.15) is 12.4 Å².